The molecule has 0 saturated heterocycles. The van der Waals surface area contributed by atoms with Crippen LogP contribution in [0, 0.1) is 5.92 Å². The van der Waals surface area contributed by atoms with Crippen LogP contribution in [0.1, 0.15) is 23.2 Å². The van der Waals surface area contributed by atoms with E-state index in [1.165, 1.54) is 12.8 Å². The minimum Gasteiger partial charge on any atom is -0.352 e. The van der Waals surface area contributed by atoms with Crippen LogP contribution in [0.2, 0.25) is 5.02 Å². The zero-order valence-corrected chi connectivity index (χ0v) is 16.6. The molecule has 0 aliphatic heterocycles. The Labute approximate surface area is 171 Å². The largest absolute Gasteiger partial charge is 0.352 e. The van der Waals surface area contributed by atoms with Crippen molar-refractivity contribution in [2.45, 2.75) is 12.8 Å². The summed E-state index contributed by atoms with van der Waals surface area (Å²) in [4.78, 5) is 17.7. The van der Waals surface area contributed by atoms with E-state index in [0.717, 1.165) is 28.4 Å². The van der Waals surface area contributed by atoms with Gasteiger partial charge in [0.2, 0.25) is 0 Å². The number of thiophene rings is 1. The predicted octanol–water partition coefficient (Wildman–Crippen LogP) is 5.99. The zero-order valence-electron chi connectivity index (χ0n) is 15.0. The third kappa shape index (κ3) is 3.21. The molecule has 0 bridgehead atoms. The molecule has 1 fully saturated rings. The van der Waals surface area contributed by atoms with Crippen molar-refractivity contribution in [3.05, 3.63) is 63.8 Å². The molecule has 140 valence electrons. The summed E-state index contributed by atoms with van der Waals surface area (Å²) in [7, 11) is 0. The lowest BCUT2D eigenvalue weighted by atomic mass is 10.0. The molecule has 2 aromatic heterocycles. The molecule has 0 atom stereocenters. The lowest BCUT2D eigenvalue weighted by Crippen LogP contribution is -2.25. The van der Waals surface area contributed by atoms with Crippen molar-refractivity contribution in [3.63, 3.8) is 0 Å². The van der Waals surface area contributed by atoms with Gasteiger partial charge in [-0.3, -0.25) is 4.79 Å². The van der Waals surface area contributed by atoms with Crippen LogP contribution < -0.4 is 10.6 Å². The number of para-hydroxylation sites is 2. The van der Waals surface area contributed by atoms with Crippen molar-refractivity contribution < 1.29 is 4.79 Å². The fraction of sp³-hybridized carbons (Fsp3) is 0.182. The van der Waals surface area contributed by atoms with Crippen LogP contribution in [0.5, 0.6) is 0 Å². The third-order valence-electron chi connectivity index (χ3n) is 5.09. The highest BCUT2D eigenvalue weighted by Crippen LogP contribution is 2.36. The quantitative estimate of drug-likeness (QED) is 0.427. The van der Waals surface area contributed by atoms with Gasteiger partial charge in [0.1, 0.15) is 5.82 Å². The smallest absolute Gasteiger partial charge is 0.253 e. The van der Waals surface area contributed by atoms with E-state index in [1.807, 2.05) is 42.5 Å². The highest BCUT2D eigenvalue weighted by Gasteiger charge is 2.23. The van der Waals surface area contributed by atoms with Crippen LogP contribution in [0.3, 0.4) is 0 Å². The number of pyridine rings is 1. The van der Waals surface area contributed by atoms with Gasteiger partial charge in [0.25, 0.3) is 5.91 Å². The second-order valence-corrected chi connectivity index (χ2v) is 8.27. The normalized spacial score (nSPS) is 13.8. The summed E-state index contributed by atoms with van der Waals surface area (Å²) < 4.78 is 0. The summed E-state index contributed by atoms with van der Waals surface area (Å²) in [5, 5.41) is 14.3. The number of hydrogen-bond acceptors (Lipinski definition) is 4. The Bertz CT molecular complexity index is 1200. The van der Waals surface area contributed by atoms with E-state index in [0.29, 0.717) is 27.8 Å². The number of nitrogens with one attached hydrogen (secondary N) is 2. The third-order valence-corrected chi connectivity index (χ3v) is 6.16. The lowest BCUT2D eigenvalue weighted by Gasteiger charge is -2.13. The van der Waals surface area contributed by atoms with Crippen LogP contribution in [0.15, 0.2) is 53.2 Å². The predicted molar refractivity (Wildman–Crippen MR) is 117 cm³/mol. The molecule has 1 amide bonds. The Morgan fingerprint density at radius 3 is 2.71 bits per heavy atom. The molecule has 0 unspecified atom stereocenters. The van der Waals surface area contributed by atoms with Crippen molar-refractivity contribution in [2.24, 2.45) is 5.92 Å². The monoisotopic (exact) mass is 407 g/mol. The van der Waals surface area contributed by atoms with E-state index in [4.69, 9.17) is 16.6 Å². The average molecular weight is 408 g/mol. The summed E-state index contributed by atoms with van der Waals surface area (Å²) in [6.07, 6.45) is 2.41. The first-order chi connectivity index (χ1) is 13.7. The SMILES string of the molecule is O=C(NCC1CC1)c1cccc2c1nc(Nc1ccccc1Cl)c1cscc12. The number of carbonyl (C=O) groups is 1. The molecule has 2 aromatic carbocycles. The molecular weight excluding hydrogens is 390 g/mol. The topological polar surface area (TPSA) is 54.0 Å². The molecule has 2 N–H and O–H groups in total. The molecule has 4 nitrogen and oxygen atoms in total. The number of hydrogen-bond donors (Lipinski definition) is 2. The second-order valence-electron chi connectivity index (χ2n) is 7.12. The van der Waals surface area contributed by atoms with E-state index in [1.54, 1.807) is 11.3 Å². The Hall–Kier alpha value is -2.63. The van der Waals surface area contributed by atoms with E-state index in [2.05, 4.69) is 21.4 Å². The number of fused-ring (bicyclic) bond motifs is 3. The van der Waals surface area contributed by atoms with Gasteiger partial charge in [-0.15, -0.1) is 0 Å². The summed E-state index contributed by atoms with van der Waals surface area (Å²) in [5.41, 5.74) is 2.10. The van der Waals surface area contributed by atoms with E-state index in [9.17, 15) is 4.79 Å². The van der Waals surface area contributed by atoms with Gasteiger partial charge in [-0.25, -0.2) is 4.98 Å². The van der Waals surface area contributed by atoms with Gasteiger partial charge >= 0.3 is 0 Å². The Balaban J connectivity index is 1.63. The number of amides is 1. The van der Waals surface area contributed by atoms with Gasteiger partial charge in [-0.1, -0.05) is 35.9 Å². The minimum absolute atomic E-state index is 0.0664. The van der Waals surface area contributed by atoms with E-state index < -0.39 is 0 Å². The van der Waals surface area contributed by atoms with Gasteiger partial charge in [-0.05, 0) is 42.3 Å². The number of anilines is 2. The molecular formula is C22H18ClN3OS. The molecule has 0 spiro atoms. The summed E-state index contributed by atoms with van der Waals surface area (Å²) >= 11 is 7.94. The van der Waals surface area contributed by atoms with Crippen LogP contribution >= 0.6 is 22.9 Å². The van der Waals surface area contributed by atoms with Crippen molar-refractivity contribution in [2.75, 3.05) is 11.9 Å². The van der Waals surface area contributed by atoms with Crippen LogP contribution in [0.4, 0.5) is 11.5 Å². The summed E-state index contributed by atoms with van der Waals surface area (Å²) in [5.74, 6) is 1.27. The maximum absolute atomic E-state index is 12.8. The zero-order chi connectivity index (χ0) is 19.1. The van der Waals surface area contributed by atoms with Crippen LogP contribution in [-0.4, -0.2) is 17.4 Å². The van der Waals surface area contributed by atoms with Crippen molar-refractivity contribution >= 4 is 62.0 Å². The molecule has 1 aliphatic carbocycles. The number of carbonyl (C=O) groups excluding carboxylic acids is 1. The molecule has 6 heteroatoms. The summed E-state index contributed by atoms with van der Waals surface area (Å²) in [6, 6.07) is 13.4. The number of nitrogens with zero attached hydrogens (tertiary/aromatic N) is 1. The first-order valence-corrected chi connectivity index (χ1v) is 10.6. The molecule has 5 rings (SSSR count). The van der Waals surface area contributed by atoms with Gasteiger partial charge in [-0.2, -0.15) is 11.3 Å². The highest BCUT2D eigenvalue weighted by molar-refractivity contribution is 7.09. The molecule has 1 saturated carbocycles. The highest BCUT2D eigenvalue weighted by atomic mass is 35.5. The molecule has 1 aliphatic rings. The van der Waals surface area contributed by atoms with Gasteiger partial charge in [0.05, 0.1) is 21.8 Å². The second kappa shape index (κ2) is 7.08. The Kier molecular flexibility index (Phi) is 4.41. The van der Waals surface area contributed by atoms with Crippen LogP contribution in [0.25, 0.3) is 21.7 Å². The van der Waals surface area contributed by atoms with Crippen molar-refractivity contribution in [3.8, 4) is 0 Å². The number of aromatic nitrogens is 1. The lowest BCUT2D eigenvalue weighted by molar-refractivity contribution is 0.0953. The Morgan fingerprint density at radius 1 is 1.07 bits per heavy atom. The molecule has 0 radical (unpaired) electrons. The van der Waals surface area contributed by atoms with Crippen molar-refractivity contribution in [1.82, 2.24) is 10.3 Å². The molecule has 2 heterocycles. The summed E-state index contributed by atoms with van der Waals surface area (Å²) in [6.45, 7) is 0.737. The fourth-order valence-electron chi connectivity index (χ4n) is 3.37. The minimum atomic E-state index is -0.0664. The molecule has 28 heavy (non-hydrogen) atoms. The Morgan fingerprint density at radius 2 is 1.89 bits per heavy atom. The maximum Gasteiger partial charge on any atom is 0.253 e. The van der Waals surface area contributed by atoms with E-state index in [-0.39, 0.29) is 5.91 Å². The van der Waals surface area contributed by atoms with E-state index >= 15 is 0 Å². The standard InChI is InChI=1S/C22H18ClN3OS/c23-18-6-1-2-7-19(18)25-21-17-12-28-11-16(17)14-4-3-5-15(20(14)26-21)22(27)24-10-13-8-9-13/h1-7,11-13H,8-10H2,(H,24,27)(H,25,26). The number of halogens is 1. The van der Waals surface area contributed by atoms with Gasteiger partial charge in [0, 0.05) is 28.1 Å². The number of rotatable bonds is 5. The van der Waals surface area contributed by atoms with Crippen LogP contribution in [-0.2, 0) is 0 Å². The fourth-order valence-corrected chi connectivity index (χ4v) is 4.38. The first-order valence-electron chi connectivity index (χ1n) is 9.29. The maximum atomic E-state index is 12.8. The number of benzene rings is 2. The molecule has 4 aromatic rings. The first kappa shape index (κ1) is 17.5. The van der Waals surface area contributed by atoms with Gasteiger partial charge < -0.3 is 10.6 Å². The van der Waals surface area contributed by atoms with Gasteiger partial charge in [0.15, 0.2) is 0 Å². The average Bonchev–Trinajstić information content (AvgIpc) is 3.40. The van der Waals surface area contributed by atoms with Crippen molar-refractivity contribution in [1.29, 1.82) is 0 Å².